The van der Waals surface area contributed by atoms with Gasteiger partial charge in [0, 0.05) is 18.5 Å². The molecule has 2 heterocycles. The molecule has 0 unspecified atom stereocenters. The second-order valence-electron chi connectivity index (χ2n) is 6.35. The first-order valence-electron chi connectivity index (χ1n) is 8.45. The van der Waals surface area contributed by atoms with Gasteiger partial charge >= 0.3 is 0 Å². The minimum Gasteiger partial charge on any atom is -0.368 e. The number of thiophene rings is 1. The lowest BCUT2D eigenvalue weighted by Crippen LogP contribution is -2.51. The standard InChI is InChI=1S/C21H18N2O2S/c22-20(24)18-12-15-8-4-5-9-16(15)13-23(18)21(25)19-17(10-11-26-19)14-6-2-1-3-7-14/h1-11,18H,12-13H2,(H2,22,24)/t18-/m1/s1. The highest BCUT2D eigenvalue weighted by molar-refractivity contribution is 7.12. The Balaban J connectivity index is 1.72. The molecule has 0 aliphatic carbocycles. The largest absolute Gasteiger partial charge is 0.368 e. The zero-order valence-corrected chi connectivity index (χ0v) is 14.9. The van der Waals surface area contributed by atoms with Crippen molar-refractivity contribution in [2.45, 2.75) is 19.0 Å². The Labute approximate surface area is 155 Å². The lowest BCUT2D eigenvalue weighted by Gasteiger charge is -2.35. The molecule has 4 rings (SSSR count). The molecule has 0 spiro atoms. The van der Waals surface area contributed by atoms with E-state index in [1.54, 1.807) is 4.90 Å². The lowest BCUT2D eigenvalue weighted by atomic mass is 9.93. The molecule has 2 amide bonds. The number of amides is 2. The molecule has 0 saturated carbocycles. The van der Waals surface area contributed by atoms with Gasteiger partial charge in [0.1, 0.15) is 6.04 Å². The van der Waals surface area contributed by atoms with Crippen LogP contribution in [0.3, 0.4) is 0 Å². The van der Waals surface area contributed by atoms with Crippen LogP contribution in [0.2, 0.25) is 0 Å². The summed E-state index contributed by atoms with van der Waals surface area (Å²) in [6, 6.07) is 19.0. The Morgan fingerprint density at radius 2 is 1.65 bits per heavy atom. The summed E-state index contributed by atoms with van der Waals surface area (Å²) in [5.74, 6) is -0.608. The SMILES string of the molecule is NC(=O)[C@H]1Cc2ccccc2CN1C(=O)c1sccc1-c1ccccc1. The van der Waals surface area contributed by atoms with E-state index in [-0.39, 0.29) is 5.91 Å². The van der Waals surface area contributed by atoms with Crippen molar-refractivity contribution in [1.29, 1.82) is 0 Å². The topological polar surface area (TPSA) is 63.4 Å². The highest BCUT2D eigenvalue weighted by atomic mass is 32.1. The number of fused-ring (bicyclic) bond motifs is 1. The van der Waals surface area contributed by atoms with E-state index in [1.807, 2.05) is 66.0 Å². The number of benzene rings is 2. The molecule has 0 radical (unpaired) electrons. The van der Waals surface area contributed by atoms with E-state index in [9.17, 15) is 9.59 Å². The minimum absolute atomic E-state index is 0.142. The third-order valence-corrected chi connectivity index (χ3v) is 5.68. The number of carbonyl (C=O) groups excluding carboxylic acids is 2. The number of primary amides is 1. The van der Waals surface area contributed by atoms with E-state index < -0.39 is 11.9 Å². The normalized spacial score (nSPS) is 16.2. The second kappa shape index (κ2) is 6.77. The maximum atomic E-state index is 13.3. The van der Waals surface area contributed by atoms with Crippen molar-refractivity contribution < 1.29 is 9.59 Å². The zero-order chi connectivity index (χ0) is 18.1. The van der Waals surface area contributed by atoms with E-state index >= 15 is 0 Å². The molecule has 1 aliphatic rings. The molecule has 2 N–H and O–H groups in total. The van der Waals surface area contributed by atoms with E-state index in [2.05, 4.69) is 0 Å². The maximum Gasteiger partial charge on any atom is 0.265 e. The van der Waals surface area contributed by atoms with E-state index in [0.29, 0.717) is 17.8 Å². The van der Waals surface area contributed by atoms with Crippen molar-refractivity contribution in [3.63, 3.8) is 0 Å². The molecule has 3 aromatic rings. The van der Waals surface area contributed by atoms with Gasteiger partial charge in [-0.15, -0.1) is 11.3 Å². The van der Waals surface area contributed by atoms with E-state index in [4.69, 9.17) is 5.73 Å². The van der Waals surface area contributed by atoms with Crippen molar-refractivity contribution in [2.24, 2.45) is 5.73 Å². The second-order valence-corrected chi connectivity index (χ2v) is 7.27. The fraction of sp³-hybridized carbons (Fsp3) is 0.143. The molecule has 1 aromatic heterocycles. The molecule has 26 heavy (non-hydrogen) atoms. The van der Waals surface area contributed by atoms with Gasteiger partial charge in [-0.1, -0.05) is 54.6 Å². The van der Waals surface area contributed by atoms with Crippen LogP contribution in [0, 0.1) is 0 Å². The number of rotatable bonds is 3. The molecule has 1 aliphatic heterocycles. The van der Waals surface area contributed by atoms with Gasteiger partial charge in [-0.3, -0.25) is 9.59 Å². The van der Waals surface area contributed by atoms with Gasteiger partial charge in [-0.05, 0) is 28.1 Å². The Bertz CT molecular complexity index is 965. The van der Waals surface area contributed by atoms with Crippen LogP contribution in [-0.4, -0.2) is 22.8 Å². The van der Waals surface area contributed by atoms with Crippen LogP contribution in [0.5, 0.6) is 0 Å². The quantitative estimate of drug-likeness (QED) is 0.775. The van der Waals surface area contributed by atoms with Crippen molar-refractivity contribution in [2.75, 3.05) is 0 Å². The van der Waals surface area contributed by atoms with Crippen LogP contribution in [0.15, 0.2) is 66.0 Å². The lowest BCUT2D eigenvalue weighted by molar-refractivity contribution is -0.122. The summed E-state index contributed by atoms with van der Waals surface area (Å²) in [7, 11) is 0. The number of carbonyl (C=O) groups is 2. The van der Waals surface area contributed by atoms with E-state index in [0.717, 1.165) is 22.3 Å². The molecule has 0 bridgehead atoms. The summed E-state index contributed by atoms with van der Waals surface area (Å²) >= 11 is 1.40. The maximum absolute atomic E-state index is 13.3. The van der Waals surface area contributed by atoms with Gasteiger partial charge in [0.05, 0.1) is 4.88 Å². The molecule has 0 fully saturated rings. The molecule has 130 valence electrons. The first-order chi connectivity index (χ1) is 12.6. The Morgan fingerprint density at radius 3 is 2.38 bits per heavy atom. The Morgan fingerprint density at radius 1 is 0.962 bits per heavy atom. The van der Waals surface area contributed by atoms with Crippen molar-refractivity contribution in [3.8, 4) is 11.1 Å². The van der Waals surface area contributed by atoms with Crippen molar-refractivity contribution >= 4 is 23.2 Å². The van der Waals surface area contributed by atoms with Gasteiger partial charge in [-0.25, -0.2) is 0 Å². The van der Waals surface area contributed by atoms with Gasteiger partial charge in [0.2, 0.25) is 5.91 Å². The summed E-state index contributed by atoms with van der Waals surface area (Å²) in [6.07, 6.45) is 0.462. The van der Waals surface area contributed by atoms with Gasteiger partial charge in [0.25, 0.3) is 5.91 Å². The number of hydrogen-bond acceptors (Lipinski definition) is 3. The van der Waals surface area contributed by atoms with Crippen LogP contribution < -0.4 is 5.73 Å². The molecule has 1 atom stereocenters. The average molecular weight is 362 g/mol. The molecule has 5 heteroatoms. The summed E-state index contributed by atoms with van der Waals surface area (Å²) in [6.45, 7) is 0.398. The smallest absolute Gasteiger partial charge is 0.265 e. The summed E-state index contributed by atoms with van der Waals surface area (Å²) in [4.78, 5) is 27.6. The number of nitrogens with two attached hydrogens (primary N) is 1. The first kappa shape index (κ1) is 16.5. The van der Waals surface area contributed by atoms with Crippen molar-refractivity contribution in [1.82, 2.24) is 4.90 Å². The fourth-order valence-corrected chi connectivity index (χ4v) is 4.31. The summed E-state index contributed by atoms with van der Waals surface area (Å²) in [5, 5.41) is 1.91. The fourth-order valence-electron chi connectivity index (χ4n) is 3.44. The van der Waals surface area contributed by atoms with Crippen LogP contribution in [0.4, 0.5) is 0 Å². The highest BCUT2D eigenvalue weighted by Gasteiger charge is 2.35. The Hall–Kier alpha value is -2.92. The Kier molecular flexibility index (Phi) is 4.31. The van der Waals surface area contributed by atoms with Crippen LogP contribution in [0.1, 0.15) is 20.8 Å². The first-order valence-corrected chi connectivity index (χ1v) is 9.33. The predicted octanol–water partition coefficient (Wildman–Crippen LogP) is 3.47. The van der Waals surface area contributed by atoms with Crippen LogP contribution in [0.25, 0.3) is 11.1 Å². The third kappa shape index (κ3) is 2.91. The van der Waals surface area contributed by atoms with Gasteiger partial charge in [0.15, 0.2) is 0 Å². The van der Waals surface area contributed by atoms with Crippen molar-refractivity contribution in [3.05, 3.63) is 82.0 Å². The molecule has 2 aromatic carbocycles. The van der Waals surface area contributed by atoms with E-state index in [1.165, 1.54) is 11.3 Å². The molecular weight excluding hydrogens is 344 g/mol. The monoisotopic (exact) mass is 362 g/mol. The molecule has 0 saturated heterocycles. The highest BCUT2D eigenvalue weighted by Crippen LogP contribution is 2.32. The third-order valence-electron chi connectivity index (χ3n) is 4.78. The molecular formula is C21H18N2O2S. The van der Waals surface area contributed by atoms with Crippen LogP contribution >= 0.6 is 11.3 Å². The average Bonchev–Trinajstić information content (AvgIpc) is 3.17. The zero-order valence-electron chi connectivity index (χ0n) is 14.1. The van der Waals surface area contributed by atoms with Gasteiger partial charge < -0.3 is 10.6 Å². The number of nitrogens with zero attached hydrogens (tertiary/aromatic N) is 1. The summed E-state index contributed by atoms with van der Waals surface area (Å²) in [5.41, 5.74) is 9.65. The molecule has 4 nitrogen and oxygen atoms in total. The predicted molar refractivity (Wildman–Crippen MR) is 103 cm³/mol. The van der Waals surface area contributed by atoms with Gasteiger partial charge in [-0.2, -0.15) is 0 Å². The number of hydrogen-bond donors (Lipinski definition) is 1. The minimum atomic E-state index is -0.622. The van der Waals surface area contributed by atoms with Crippen LogP contribution in [-0.2, 0) is 17.8 Å². The summed E-state index contributed by atoms with van der Waals surface area (Å²) < 4.78 is 0.